The summed E-state index contributed by atoms with van der Waals surface area (Å²) in [6.07, 6.45) is 4.54. The molecule has 1 aromatic heterocycles. The molecule has 0 aliphatic carbocycles. The molecular weight excluding hydrogens is 444 g/mol. The molecule has 2 heterocycles. The summed E-state index contributed by atoms with van der Waals surface area (Å²) >= 11 is 1.32. The van der Waals surface area contributed by atoms with Crippen molar-refractivity contribution in [3.8, 4) is 0 Å². The lowest BCUT2D eigenvalue weighted by Gasteiger charge is -2.18. The third kappa shape index (κ3) is 5.82. The van der Waals surface area contributed by atoms with Gasteiger partial charge in [0.25, 0.3) is 17.4 Å². The number of amides is 2. The average molecular weight is 475 g/mol. The zero-order valence-corrected chi connectivity index (χ0v) is 19.9. The lowest BCUT2D eigenvalue weighted by Crippen LogP contribution is -2.42. The van der Waals surface area contributed by atoms with Gasteiger partial charge < -0.3 is 25.0 Å². The molecule has 3 rings (SSSR count). The van der Waals surface area contributed by atoms with Crippen molar-refractivity contribution in [2.75, 3.05) is 19.4 Å². The van der Waals surface area contributed by atoms with Crippen molar-refractivity contribution in [3.05, 3.63) is 57.5 Å². The number of ether oxygens (including phenoxy) is 1. The first-order valence-corrected chi connectivity index (χ1v) is 12.2. The van der Waals surface area contributed by atoms with E-state index in [9.17, 15) is 19.5 Å². The molecule has 10 heteroatoms. The van der Waals surface area contributed by atoms with Gasteiger partial charge in [0.15, 0.2) is 5.16 Å². The van der Waals surface area contributed by atoms with Gasteiger partial charge in [0.05, 0.1) is 23.8 Å². The van der Waals surface area contributed by atoms with E-state index in [0.29, 0.717) is 29.2 Å². The summed E-state index contributed by atoms with van der Waals surface area (Å²) in [5, 5.41) is 16.1. The van der Waals surface area contributed by atoms with Crippen LogP contribution in [0.25, 0.3) is 0 Å². The molecule has 1 aliphatic rings. The van der Waals surface area contributed by atoms with Gasteiger partial charge in [0, 0.05) is 24.7 Å². The van der Waals surface area contributed by atoms with Crippen molar-refractivity contribution >= 4 is 23.6 Å². The van der Waals surface area contributed by atoms with Crippen molar-refractivity contribution < 1.29 is 19.4 Å². The second-order valence-corrected chi connectivity index (χ2v) is 8.68. The molecule has 2 aromatic rings. The summed E-state index contributed by atoms with van der Waals surface area (Å²) in [4.78, 5) is 41.7. The fraction of sp³-hybridized carbons (Fsp3) is 0.478. The normalized spacial score (nSPS) is 19.9. The number of aryl methyl sites for hydroxylation is 1. The van der Waals surface area contributed by atoms with Gasteiger partial charge in [-0.25, -0.2) is 0 Å². The van der Waals surface area contributed by atoms with Crippen LogP contribution in [-0.4, -0.2) is 58.0 Å². The van der Waals surface area contributed by atoms with Crippen molar-refractivity contribution in [3.63, 3.8) is 0 Å². The first-order chi connectivity index (χ1) is 15.9. The maximum absolute atomic E-state index is 13.1. The number of nitrogens with one attached hydrogen (secondary N) is 2. The lowest BCUT2D eigenvalue weighted by molar-refractivity contribution is -0.0313. The molecule has 3 N–H and O–H groups in total. The van der Waals surface area contributed by atoms with Gasteiger partial charge in [-0.1, -0.05) is 37.2 Å². The van der Waals surface area contributed by atoms with E-state index in [1.807, 2.05) is 13.2 Å². The van der Waals surface area contributed by atoms with E-state index in [2.05, 4.69) is 15.6 Å². The van der Waals surface area contributed by atoms with Gasteiger partial charge in [-0.05, 0) is 31.7 Å². The molecule has 2 amide bonds. The second kappa shape index (κ2) is 11.4. The summed E-state index contributed by atoms with van der Waals surface area (Å²) in [6.45, 7) is 3.97. The zero-order chi connectivity index (χ0) is 24.0. The maximum atomic E-state index is 13.1. The molecule has 33 heavy (non-hydrogen) atoms. The van der Waals surface area contributed by atoms with Crippen LogP contribution in [0.1, 0.15) is 58.7 Å². The Morgan fingerprint density at radius 1 is 1.27 bits per heavy atom. The van der Waals surface area contributed by atoms with E-state index in [4.69, 9.17) is 4.74 Å². The predicted molar refractivity (Wildman–Crippen MR) is 126 cm³/mol. The summed E-state index contributed by atoms with van der Waals surface area (Å²) in [5.41, 5.74) is 0.739. The predicted octanol–water partition coefficient (Wildman–Crippen LogP) is 1.88. The number of aromatic nitrogens is 2. The number of benzene rings is 1. The number of rotatable bonds is 9. The van der Waals surface area contributed by atoms with E-state index < -0.39 is 24.3 Å². The van der Waals surface area contributed by atoms with Crippen LogP contribution >= 0.6 is 11.8 Å². The van der Waals surface area contributed by atoms with Crippen LogP contribution in [-0.2, 0) is 4.74 Å². The molecule has 1 aliphatic heterocycles. The number of unbranched alkanes of at least 4 members (excludes halogenated alkanes) is 1. The number of nitrogens with zero attached hydrogens (tertiary/aromatic N) is 2. The number of hydrogen-bond donors (Lipinski definition) is 3. The Morgan fingerprint density at radius 2 is 1.97 bits per heavy atom. The maximum Gasteiger partial charge on any atom is 0.276 e. The zero-order valence-electron chi connectivity index (χ0n) is 19.0. The molecule has 0 unspecified atom stereocenters. The number of carbonyl (C=O) groups is 2. The van der Waals surface area contributed by atoms with Gasteiger partial charge >= 0.3 is 0 Å². The number of thioether (sulfide) groups is 1. The Bertz CT molecular complexity index is 1060. The summed E-state index contributed by atoms with van der Waals surface area (Å²) < 4.78 is 7.75. The molecule has 1 aromatic carbocycles. The highest BCUT2D eigenvalue weighted by Gasteiger charge is 2.38. The number of aliphatic hydroxyl groups excluding tert-OH is 1. The van der Waals surface area contributed by atoms with Crippen LogP contribution in [0, 0.1) is 6.92 Å². The standard InChI is InChI=1S/C23H30N4O5S/c1-4-5-10-24-21(30)15-8-6-7-9-16(15)22(31)25-17-11-19(32-18(17)13-28)27-12-14(2)20(29)26-23(27)33-3/h6-9,12,17-19,28H,4-5,10-11,13H2,1-3H3,(H,24,30)(H,25,31)/t17-,18+,19+/m0/s1. The van der Waals surface area contributed by atoms with Crippen molar-refractivity contribution in [2.45, 2.75) is 56.6 Å². The SMILES string of the molecule is CCCCNC(=O)c1ccccc1C(=O)N[C@H]1C[C@H](n2cc(C)c(=O)nc2SC)O[C@@H]1CO. The molecule has 3 atom stereocenters. The third-order valence-electron chi connectivity index (χ3n) is 5.55. The van der Waals surface area contributed by atoms with Gasteiger partial charge in [-0.3, -0.25) is 14.4 Å². The summed E-state index contributed by atoms with van der Waals surface area (Å²) in [6, 6.07) is 6.15. The first kappa shape index (κ1) is 24.9. The van der Waals surface area contributed by atoms with Gasteiger partial charge in [0.1, 0.15) is 12.3 Å². The minimum atomic E-state index is -0.640. The highest BCUT2D eigenvalue weighted by Crippen LogP contribution is 2.31. The number of aliphatic hydroxyl groups is 1. The van der Waals surface area contributed by atoms with Crippen LogP contribution in [0.3, 0.4) is 0 Å². The van der Waals surface area contributed by atoms with Crippen molar-refractivity contribution in [1.82, 2.24) is 20.2 Å². The van der Waals surface area contributed by atoms with E-state index in [1.165, 1.54) is 11.8 Å². The molecule has 1 fully saturated rings. The molecule has 0 saturated carbocycles. The molecular formula is C23H30N4O5S. The van der Waals surface area contributed by atoms with E-state index in [0.717, 1.165) is 12.8 Å². The molecule has 0 spiro atoms. The number of carbonyl (C=O) groups excluding carboxylic acids is 2. The highest BCUT2D eigenvalue weighted by molar-refractivity contribution is 7.98. The van der Waals surface area contributed by atoms with Crippen LogP contribution in [0.2, 0.25) is 0 Å². The van der Waals surface area contributed by atoms with Crippen LogP contribution in [0.4, 0.5) is 0 Å². The minimum Gasteiger partial charge on any atom is -0.394 e. The topological polar surface area (TPSA) is 123 Å². The second-order valence-electron chi connectivity index (χ2n) is 7.91. The quantitative estimate of drug-likeness (QED) is 0.288. The number of hydrogen-bond acceptors (Lipinski definition) is 7. The summed E-state index contributed by atoms with van der Waals surface area (Å²) in [7, 11) is 0. The van der Waals surface area contributed by atoms with Crippen LogP contribution < -0.4 is 16.2 Å². The third-order valence-corrected chi connectivity index (χ3v) is 6.21. The summed E-state index contributed by atoms with van der Waals surface area (Å²) in [5.74, 6) is -0.712. The van der Waals surface area contributed by atoms with E-state index in [1.54, 1.807) is 42.0 Å². The Morgan fingerprint density at radius 3 is 2.61 bits per heavy atom. The smallest absolute Gasteiger partial charge is 0.276 e. The Balaban J connectivity index is 1.78. The average Bonchev–Trinajstić information content (AvgIpc) is 3.23. The highest BCUT2D eigenvalue weighted by atomic mass is 32.2. The van der Waals surface area contributed by atoms with E-state index >= 15 is 0 Å². The Kier molecular flexibility index (Phi) is 8.65. The Hall–Kier alpha value is -2.69. The molecule has 0 radical (unpaired) electrons. The molecule has 178 valence electrons. The van der Waals surface area contributed by atoms with Crippen molar-refractivity contribution in [1.29, 1.82) is 0 Å². The molecule has 0 bridgehead atoms. The fourth-order valence-electron chi connectivity index (χ4n) is 3.73. The fourth-order valence-corrected chi connectivity index (χ4v) is 4.29. The largest absolute Gasteiger partial charge is 0.394 e. The molecule has 9 nitrogen and oxygen atoms in total. The first-order valence-electron chi connectivity index (χ1n) is 11.0. The van der Waals surface area contributed by atoms with Gasteiger partial charge in [-0.2, -0.15) is 4.98 Å². The van der Waals surface area contributed by atoms with Gasteiger partial charge in [-0.15, -0.1) is 0 Å². The monoisotopic (exact) mass is 474 g/mol. The minimum absolute atomic E-state index is 0.261. The lowest BCUT2D eigenvalue weighted by atomic mass is 10.0. The van der Waals surface area contributed by atoms with Crippen LogP contribution in [0.5, 0.6) is 0 Å². The Labute approximate surface area is 196 Å². The van der Waals surface area contributed by atoms with Crippen molar-refractivity contribution in [2.24, 2.45) is 0 Å². The van der Waals surface area contributed by atoms with Crippen LogP contribution in [0.15, 0.2) is 40.4 Å². The van der Waals surface area contributed by atoms with E-state index in [-0.39, 0.29) is 23.6 Å². The molecule has 1 saturated heterocycles. The van der Waals surface area contributed by atoms with Gasteiger partial charge in [0.2, 0.25) is 0 Å².